The smallest absolute Gasteiger partial charge is 0.179 e. The molecule has 20 heavy (non-hydrogen) atoms. The number of nitrogens with zero attached hydrogens (tertiary/aromatic N) is 4. The third-order valence-electron chi connectivity index (χ3n) is 5.03. The van der Waals surface area contributed by atoms with Gasteiger partial charge in [0.05, 0.1) is 5.69 Å². The first-order chi connectivity index (χ1) is 9.65. The molecule has 0 radical (unpaired) electrons. The lowest BCUT2D eigenvalue weighted by Gasteiger charge is -2.35. The van der Waals surface area contributed by atoms with Gasteiger partial charge in [-0.15, -0.1) is 0 Å². The molecule has 2 fully saturated rings. The Hall–Kier alpha value is -1.14. The monoisotopic (exact) mass is 291 g/mol. The van der Waals surface area contributed by atoms with Crippen LogP contribution in [0.4, 0.5) is 0 Å². The molecule has 2 aromatic heterocycles. The Morgan fingerprint density at radius 1 is 1.25 bits per heavy atom. The number of hydrogen-bond acceptors (Lipinski definition) is 3. The van der Waals surface area contributed by atoms with Gasteiger partial charge in [-0.2, -0.15) is 5.10 Å². The zero-order valence-corrected chi connectivity index (χ0v) is 12.9. The van der Waals surface area contributed by atoms with Crippen LogP contribution < -0.4 is 0 Å². The van der Waals surface area contributed by atoms with E-state index in [1.165, 1.54) is 38.8 Å². The van der Waals surface area contributed by atoms with Gasteiger partial charge in [0.25, 0.3) is 0 Å². The Balaban J connectivity index is 1.78. The number of rotatable bonds is 1. The first kappa shape index (κ1) is 12.6. The Bertz CT molecular complexity index is 709. The van der Waals surface area contributed by atoms with Gasteiger partial charge >= 0.3 is 0 Å². The summed E-state index contributed by atoms with van der Waals surface area (Å²) in [6.45, 7) is 4.54. The van der Waals surface area contributed by atoms with Crippen LogP contribution in [0.2, 0.25) is 0 Å². The minimum Gasteiger partial charge on any atom is -0.328 e. The second-order valence-corrected chi connectivity index (χ2v) is 6.60. The highest BCUT2D eigenvalue weighted by Gasteiger charge is 2.33. The van der Waals surface area contributed by atoms with Crippen molar-refractivity contribution < 1.29 is 0 Å². The minimum atomic E-state index is 0.519. The molecule has 2 unspecified atom stereocenters. The molecule has 5 nitrogen and oxygen atoms in total. The summed E-state index contributed by atoms with van der Waals surface area (Å²) < 4.78 is 5.14. The Labute approximate surface area is 123 Å². The van der Waals surface area contributed by atoms with E-state index in [0.29, 0.717) is 6.04 Å². The summed E-state index contributed by atoms with van der Waals surface area (Å²) >= 11 is 5.58. The second-order valence-electron chi connectivity index (χ2n) is 6.22. The summed E-state index contributed by atoms with van der Waals surface area (Å²) in [5.74, 6) is 0. The van der Waals surface area contributed by atoms with Crippen molar-refractivity contribution in [3.8, 4) is 0 Å². The number of imidazole rings is 1. The largest absolute Gasteiger partial charge is 0.328 e. The van der Waals surface area contributed by atoms with Crippen molar-refractivity contribution in [2.45, 2.75) is 44.7 Å². The lowest BCUT2D eigenvalue weighted by molar-refractivity contribution is 0.156. The van der Waals surface area contributed by atoms with E-state index < -0.39 is 0 Å². The first-order valence-corrected chi connectivity index (χ1v) is 7.94. The van der Waals surface area contributed by atoms with Crippen LogP contribution in [0.1, 0.15) is 37.4 Å². The SMILES string of the molecule is Cc1nn(C)c2c1[nH]c(=S)n2C1CCN2CCCC2C1. The van der Waals surface area contributed by atoms with Gasteiger partial charge in [0.1, 0.15) is 5.52 Å². The lowest BCUT2D eigenvalue weighted by atomic mass is 9.97. The molecule has 2 atom stereocenters. The van der Waals surface area contributed by atoms with Gasteiger partial charge in [-0.25, -0.2) is 0 Å². The summed E-state index contributed by atoms with van der Waals surface area (Å²) in [5.41, 5.74) is 3.29. The molecule has 4 rings (SSSR count). The van der Waals surface area contributed by atoms with E-state index in [1.807, 2.05) is 18.7 Å². The summed E-state index contributed by atoms with van der Waals surface area (Å²) in [6, 6.07) is 1.28. The third kappa shape index (κ3) is 1.71. The third-order valence-corrected chi connectivity index (χ3v) is 5.33. The van der Waals surface area contributed by atoms with E-state index in [1.54, 1.807) is 0 Å². The number of H-pyrrole nitrogens is 1. The number of aromatic nitrogens is 4. The maximum absolute atomic E-state index is 5.58. The number of hydrogen-bond donors (Lipinski definition) is 1. The van der Waals surface area contributed by atoms with Gasteiger partial charge < -0.3 is 9.88 Å². The van der Waals surface area contributed by atoms with Crippen molar-refractivity contribution in [3.63, 3.8) is 0 Å². The molecule has 0 aliphatic carbocycles. The van der Waals surface area contributed by atoms with E-state index in [0.717, 1.165) is 27.7 Å². The average Bonchev–Trinajstić information content (AvgIpc) is 3.06. The fourth-order valence-electron chi connectivity index (χ4n) is 4.11. The minimum absolute atomic E-state index is 0.519. The van der Waals surface area contributed by atoms with Gasteiger partial charge in [-0.05, 0) is 51.4 Å². The van der Waals surface area contributed by atoms with Crippen LogP contribution in [0, 0.1) is 11.7 Å². The van der Waals surface area contributed by atoms with E-state index in [-0.39, 0.29) is 0 Å². The molecule has 2 aliphatic rings. The van der Waals surface area contributed by atoms with Crippen LogP contribution >= 0.6 is 12.2 Å². The highest BCUT2D eigenvalue weighted by molar-refractivity contribution is 7.71. The molecule has 0 saturated carbocycles. The highest BCUT2D eigenvalue weighted by Crippen LogP contribution is 2.35. The molecular formula is C14H21N5S. The molecule has 108 valence electrons. The standard InChI is InChI=1S/C14H21N5S/c1-9-12-13(17(2)16-9)19(14(20)15-12)11-5-7-18-6-3-4-10(18)8-11/h10-11H,3-8H2,1-2H3,(H,15,20). The van der Waals surface area contributed by atoms with Crippen LogP contribution in [0.25, 0.3) is 11.2 Å². The Kier molecular flexibility index (Phi) is 2.79. The second kappa shape index (κ2) is 4.43. The molecule has 2 saturated heterocycles. The van der Waals surface area contributed by atoms with Crippen LogP contribution in [0.3, 0.4) is 0 Å². The van der Waals surface area contributed by atoms with E-state index in [4.69, 9.17) is 12.2 Å². The fraction of sp³-hybridized carbons (Fsp3) is 0.714. The molecule has 2 aliphatic heterocycles. The molecule has 0 aromatic carbocycles. The van der Waals surface area contributed by atoms with Crippen molar-refractivity contribution >= 4 is 23.4 Å². The molecule has 6 heteroatoms. The fourth-order valence-corrected chi connectivity index (χ4v) is 4.45. The summed E-state index contributed by atoms with van der Waals surface area (Å²) in [7, 11) is 2.01. The van der Waals surface area contributed by atoms with E-state index in [9.17, 15) is 0 Å². The maximum atomic E-state index is 5.58. The van der Waals surface area contributed by atoms with Crippen molar-refractivity contribution in [1.82, 2.24) is 24.2 Å². The number of aryl methyl sites for hydroxylation is 2. The van der Waals surface area contributed by atoms with Crippen LogP contribution in [0.5, 0.6) is 0 Å². The molecule has 1 N–H and O–H groups in total. The Morgan fingerprint density at radius 2 is 2.10 bits per heavy atom. The topological polar surface area (TPSA) is 41.8 Å². The molecule has 2 aromatic rings. The molecule has 0 bridgehead atoms. The zero-order valence-electron chi connectivity index (χ0n) is 12.1. The van der Waals surface area contributed by atoms with Crippen LogP contribution in [0.15, 0.2) is 0 Å². The van der Waals surface area contributed by atoms with Crippen molar-refractivity contribution in [1.29, 1.82) is 0 Å². The predicted octanol–water partition coefficient (Wildman–Crippen LogP) is 2.54. The van der Waals surface area contributed by atoms with Crippen LogP contribution in [-0.2, 0) is 7.05 Å². The van der Waals surface area contributed by atoms with Gasteiger partial charge in [0.15, 0.2) is 10.4 Å². The Morgan fingerprint density at radius 3 is 2.95 bits per heavy atom. The number of nitrogens with one attached hydrogen (secondary N) is 1. The number of fused-ring (bicyclic) bond motifs is 2. The van der Waals surface area contributed by atoms with Crippen molar-refractivity contribution in [3.05, 3.63) is 10.5 Å². The van der Waals surface area contributed by atoms with Gasteiger partial charge in [0.2, 0.25) is 0 Å². The molecule has 0 amide bonds. The molecular weight excluding hydrogens is 270 g/mol. The predicted molar refractivity (Wildman–Crippen MR) is 81.5 cm³/mol. The van der Waals surface area contributed by atoms with E-state index >= 15 is 0 Å². The van der Waals surface area contributed by atoms with Gasteiger partial charge in [-0.3, -0.25) is 9.25 Å². The molecule has 4 heterocycles. The van der Waals surface area contributed by atoms with E-state index in [2.05, 4.69) is 19.5 Å². The quantitative estimate of drug-likeness (QED) is 0.821. The summed E-state index contributed by atoms with van der Waals surface area (Å²) in [5, 5.41) is 4.52. The number of aromatic amines is 1. The summed E-state index contributed by atoms with van der Waals surface area (Å²) in [6.07, 6.45) is 5.13. The van der Waals surface area contributed by atoms with Gasteiger partial charge in [0, 0.05) is 25.7 Å². The molecule has 0 spiro atoms. The van der Waals surface area contributed by atoms with Crippen LogP contribution in [-0.4, -0.2) is 43.4 Å². The zero-order chi connectivity index (χ0) is 13.9. The lowest BCUT2D eigenvalue weighted by Crippen LogP contribution is -2.38. The average molecular weight is 291 g/mol. The highest BCUT2D eigenvalue weighted by atomic mass is 32.1. The van der Waals surface area contributed by atoms with Gasteiger partial charge in [-0.1, -0.05) is 0 Å². The maximum Gasteiger partial charge on any atom is 0.179 e. The van der Waals surface area contributed by atoms with Crippen molar-refractivity contribution in [2.24, 2.45) is 7.05 Å². The summed E-state index contributed by atoms with van der Waals surface area (Å²) in [4.78, 5) is 6.01. The normalized spacial score (nSPS) is 27.3. The number of piperidine rings is 1. The first-order valence-electron chi connectivity index (χ1n) is 7.53. The van der Waals surface area contributed by atoms with Crippen molar-refractivity contribution in [2.75, 3.05) is 13.1 Å².